The van der Waals surface area contributed by atoms with E-state index in [4.69, 9.17) is 0 Å². The van der Waals surface area contributed by atoms with Crippen molar-refractivity contribution in [3.63, 3.8) is 0 Å². The van der Waals surface area contributed by atoms with Crippen molar-refractivity contribution in [2.24, 2.45) is 0 Å². The van der Waals surface area contributed by atoms with E-state index in [-0.39, 0.29) is 0 Å². The third-order valence-corrected chi connectivity index (χ3v) is 0.649. The largest absolute Gasteiger partial charge is 0.336 e. The summed E-state index contributed by atoms with van der Waals surface area (Å²) >= 11 is 0. The second-order valence-corrected chi connectivity index (χ2v) is 1.14. The lowest BCUT2D eigenvalue weighted by molar-refractivity contribution is 0.493. The second kappa shape index (κ2) is 1.33. The number of hydrogen-bond acceptors (Lipinski definition) is 0. The first-order valence-corrected chi connectivity index (χ1v) is 1.79. The van der Waals surface area contributed by atoms with Crippen LogP contribution in [-0.2, 0) is 0 Å². The molecule has 7 heavy (non-hydrogen) atoms. The number of halogens is 2. The molecule has 0 atom stereocenters. The first-order chi connectivity index (χ1) is 3.30. The summed E-state index contributed by atoms with van der Waals surface area (Å²) in [5.41, 5.74) is 0. The Balaban J connectivity index is 3.12. The molecule has 0 fully saturated rings. The van der Waals surface area contributed by atoms with Gasteiger partial charge in [-0.3, -0.25) is 0 Å². The Morgan fingerprint density at radius 2 is 2.14 bits per heavy atom. The number of hydrogen-bond donors (Lipinski definition) is 1. The maximum Gasteiger partial charge on any atom is 0.227 e. The topological polar surface area (TPSA) is 15.8 Å². The normalized spacial score (nSPS) is 9.43. The van der Waals surface area contributed by atoms with Gasteiger partial charge in [-0.15, -0.1) is 0 Å². The molecule has 0 saturated heterocycles. The van der Waals surface area contributed by atoms with Gasteiger partial charge in [0, 0.05) is 6.20 Å². The minimum atomic E-state index is -0.903. The molecule has 1 heterocycles. The summed E-state index contributed by atoms with van der Waals surface area (Å²) in [7, 11) is 0. The van der Waals surface area contributed by atoms with E-state index >= 15 is 0 Å². The fourth-order valence-electron chi connectivity index (χ4n) is 0.330. The van der Waals surface area contributed by atoms with Gasteiger partial charge >= 0.3 is 0 Å². The smallest absolute Gasteiger partial charge is 0.227 e. The molecule has 1 nitrogen and oxygen atoms in total. The van der Waals surface area contributed by atoms with Crippen LogP contribution in [0.1, 0.15) is 0 Å². The summed E-state index contributed by atoms with van der Waals surface area (Å²) in [6.45, 7) is 0. The third-order valence-electron chi connectivity index (χ3n) is 0.649. The van der Waals surface area contributed by atoms with Crippen molar-refractivity contribution >= 4 is 0 Å². The Hall–Kier alpha value is -0.860. The van der Waals surface area contributed by atoms with E-state index in [0.29, 0.717) is 0 Å². The molecule has 0 amide bonds. The SMILES string of the molecule is Fc1cc[nH]c1F. The fraction of sp³-hybridized carbons (Fsp3) is 0. The Bertz CT molecular complexity index is 142. The van der Waals surface area contributed by atoms with Crippen LogP contribution in [-0.4, -0.2) is 4.98 Å². The highest BCUT2D eigenvalue weighted by atomic mass is 19.2. The number of H-pyrrole nitrogens is 1. The molecule has 1 rings (SSSR count). The van der Waals surface area contributed by atoms with Gasteiger partial charge in [0.2, 0.25) is 5.95 Å². The summed E-state index contributed by atoms with van der Waals surface area (Å²) in [5, 5.41) is 0. The van der Waals surface area contributed by atoms with Gasteiger partial charge in [0.05, 0.1) is 0 Å². The number of rotatable bonds is 0. The summed E-state index contributed by atoms with van der Waals surface area (Å²) in [6.07, 6.45) is 1.20. The quantitative estimate of drug-likeness (QED) is 0.509. The van der Waals surface area contributed by atoms with E-state index in [1.165, 1.54) is 6.20 Å². The summed E-state index contributed by atoms with van der Waals surface area (Å²) < 4.78 is 23.3. The van der Waals surface area contributed by atoms with E-state index in [1.807, 2.05) is 4.98 Å². The third kappa shape index (κ3) is 0.607. The molecule has 0 aliphatic rings. The van der Waals surface area contributed by atoms with Crippen LogP contribution in [0.2, 0.25) is 0 Å². The molecule has 3 heteroatoms. The van der Waals surface area contributed by atoms with E-state index in [9.17, 15) is 8.78 Å². The van der Waals surface area contributed by atoms with Crippen molar-refractivity contribution in [2.75, 3.05) is 0 Å². The molecular formula is C4H3F2N. The molecule has 38 valence electrons. The molecule has 1 aromatic rings. The van der Waals surface area contributed by atoms with Gasteiger partial charge in [0.1, 0.15) is 0 Å². The minimum Gasteiger partial charge on any atom is -0.336 e. The van der Waals surface area contributed by atoms with Crippen LogP contribution in [0.5, 0.6) is 0 Å². The molecule has 0 bridgehead atoms. The van der Waals surface area contributed by atoms with Crippen LogP contribution >= 0.6 is 0 Å². The summed E-state index contributed by atoms with van der Waals surface area (Å²) in [5.74, 6) is -1.74. The number of aromatic amines is 1. The monoisotopic (exact) mass is 103 g/mol. The average molecular weight is 103 g/mol. The highest BCUT2D eigenvalue weighted by Crippen LogP contribution is 1.98. The maximum absolute atomic E-state index is 11.7. The second-order valence-electron chi connectivity index (χ2n) is 1.14. The number of aromatic nitrogens is 1. The highest BCUT2D eigenvalue weighted by molar-refractivity contribution is 4.93. The van der Waals surface area contributed by atoms with Crippen LogP contribution in [0.3, 0.4) is 0 Å². The standard InChI is InChI=1S/C4H3F2N/c5-3-1-2-7-4(3)6/h1-2,7H. The van der Waals surface area contributed by atoms with Crippen molar-refractivity contribution < 1.29 is 8.78 Å². The molecule has 0 saturated carbocycles. The van der Waals surface area contributed by atoms with Gasteiger partial charge in [-0.25, -0.2) is 4.39 Å². The molecule has 1 aromatic heterocycles. The zero-order valence-corrected chi connectivity index (χ0v) is 3.41. The molecule has 0 aliphatic carbocycles. The highest BCUT2D eigenvalue weighted by Gasteiger charge is 1.96. The Morgan fingerprint density at radius 1 is 1.43 bits per heavy atom. The maximum atomic E-state index is 11.7. The molecule has 0 radical (unpaired) electrons. The van der Waals surface area contributed by atoms with E-state index in [0.717, 1.165) is 6.07 Å². The van der Waals surface area contributed by atoms with Crippen molar-refractivity contribution in [3.05, 3.63) is 24.0 Å². The molecule has 0 aliphatic heterocycles. The van der Waals surface area contributed by atoms with Crippen molar-refractivity contribution in [1.29, 1.82) is 0 Å². The van der Waals surface area contributed by atoms with E-state index in [2.05, 4.69) is 0 Å². The fourth-order valence-corrected chi connectivity index (χ4v) is 0.330. The number of nitrogens with one attached hydrogen (secondary N) is 1. The first kappa shape index (κ1) is 4.30. The van der Waals surface area contributed by atoms with Crippen LogP contribution in [0.4, 0.5) is 8.78 Å². The average Bonchev–Trinajstić information content (AvgIpc) is 1.91. The summed E-state index contributed by atoms with van der Waals surface area (Å²) in [6, 6.07) is 1.02. The lowest BCUT2D eigenvalue weighted by atomic mass is 10.6. The van der Waals surface area contributed by atoms with Crippen LogP contribution < -0.4 is 0 Å². The zero-order valence-electron chi connectivity index (χ0n) is 3.41. The van der Waals surface area contributed by atoms with Crippen LogP contribution in [0.15, 0.2) is 12.3 Å². The van der Waals surface area contributed by atoms with E-state index in [1.54, 1.807) is 0 Å². The van der Waals surface area contributed by atoms with Gasteiger partial charge in [0.25, 0.3) is 0 Å². The Morgan fingerprint density at radius 3 is 2.29 bits per heavy atom. The lowest BCUT2D eigenvalue weighted by Gasteiger charge is -1.72. The van der Waals surface area contributed by atoms with Gasteiger partial charge in [-0.05, 0) is 6.07 Å². The van der Waals surface area contributed by atoms with Gasteiger partial charge < -0.3 is 4.98 Å². The molecule has 0 spiro atoms. The van der Waals surface area contributed by atoms with Gasteiger partial charge in [-0.2, -0.15) is 4.39 Å². The van der Waals surface area contributed by atoms with Gasteiger partial charge in [-0.1, -0.05) is 0 Å². The first-order valence-electron chi connectivity index (χ1n) is 1.79. The molecule has 0 unspecified atom stereocenters. The van der Waals surface area contributed by atoms with Crippen molar-refractivity contribution in [1.82, 2.24) is 4.98 Å². The zero-order chi connectivity index (χ0) is 5.28. The Kier molecular flexibility index (Phi) is 0.817. The minimum absolute atomic E-state index is 0.833. The Labute approximate surface area is 39.0 Å². The molecule has 0 aromatic carbocycles. The summed E-state index contributed by atoms with van der Waals surface area (Å²) in [4.78, 5) is 2.03. The van der Waals surface area contributed by atoms with Crippen LogP contribution in [0.25, 0.3) is 0 Å². The molecule has 1 N–H and O–H groups in total. The van der Waals surface area contributed by atoms with Crippen LogP contribution in [0, 0.1) is 11.8 Å². The van der Waals surface area contributed by atoms with Crippen molar-refractivity contribution in [3.8, 4) is 0 Å². The van der Waals surface area contributed by atoms with Crippen molar-refractivity contribution in [2.45, 2.75) is 0 Å². The van der Waals surface area contributed by atoms with Gasteiger partial charge in [0.15, 0.2) is 5.82 Å². The van der Waals surface area contributed by atoms with E-state index < -0.39 is 11.8 Å². The lowest BCUT2D eigenvalue weighted by Crippen LogP contribution is -1.72. The predicted octanol–water partition coefficient (Wildman–Crippen LogP) is 1.29. The molecular weight excluding hydrogens is 100 g/mol. The predicted molar refractivity (Wildman–Crippen MR) is 20.7 cm³/mol.